The van der Waals surface area contributed by atoms with Crippen molar-refractivity contribution in [3.05, 3.63) is 59.7 Å². The van der Waals surface area contributed by atoms with Gasteiger partial charge in [-0.25, -0.2) is 4.39 Å². The molecule has 1 aromatic carbocycles. The van der Waals surface area contributed by atoms with Crippen molar-refractivity contribution >= 4 is 11.6 Å². The second-order valence-electron chi connectivity index (χ2n) is 3.69. The van der Waals surface area contributed by atoms with Gasteiger partial charge in [0.1, 0.15) is 11.5 Å². The van der Waals surface area contributed by atoms with Gasteiger partial charge in [-0.05, 0) is 23.8 Å². The molecule has 18 heavy (non-hydrogen) atoms. The summed E-state index contributed by atoms with van der Waals surface area (Å²) in [5, 5.41) is 2.46. The van der Waals surface area contributed by atoms with Gasteiger partial charge in [0, 0.05) is 12.7 Å². The molecule has 5 heteroatoms. The number of hydrogen-bond acceptors (Lipinski definition) is 3. The molecule has 0 bridgehead atoms. The summed E-state index contributed by atoms with van der Waals surface area (Å²) < 4.78 is 13.3. The lowest BCUT2D eigenvalue weighted by molar-refractivity contribution is 0.102. The SMILES string of the molecule is NCc1ccc(C(=O)Nc2ccccc2F)nc1. The van der Waals surface area contributed by atoms with Gasteiger partial charge in [0.15, 0.2) is 0 Å². The zero-order valence-corrected chi connectivity index (χ0v) is 9.56. The van der Waals surface area contributed by atoms with Crippen LogP contribution in [0.4, 0.5) is 10.1 Å². The van der Waals surface area contributed by atoms with Crippen molar-refractivity contribution in [2.75, 3.05) is 5.32 Å². The molecule has 1 heterocycles. The fraction of sp³-hybridized carbons (Fsp3) is 0.0769. The molecule has 0 radical (unpaired) electrons. The Bertz CT molecular complexity index is 554. The number of carbonyl (C=O) groups excluding carboxylic acids is 1. The summed E-state index contributed by atoms with van der Waals surface area (Å²) in [6, 6.07) is 9.23. The molecule has 2 rings (SSSR count). The molecule has 0 spiro atoms. The number of rotatable bonds is 3. The minimum Gasteiger partial charge on any atom is -0.326 e. The monoisotopic (exact) mass is 245 g/mol. The number of anilines is 1. The molecule has 0 saturated carbocycles. The summed E-state index contributed by atoms with van der Waals surface area (Å²) in [6.45, 7) is 0.363. The maximum atomic E-state index is 13.3. The first-order valence-electron chi connectivity index (χ1n) is 5.41. The minimum absolute atomic E-state index is 0.132. The van der Waals surface area contributed by atoms with Gasteiger partial charge in [-0.15, -0.1) is 0 Å². The second-order valence-corrected chi connectivity index (χ2v) is 3.69. The largest absolute Gasteiger partial charge is 0.326 e. The third kappa shape index (κ3) is 2.70. The Kier molecular flexibility index (Phi) is 3.64. The predicted molar refractivity (Wildman–Crippen MR) is 66.5 cm³/mol. The van der Waals surface area contributed by atoms with Crippen molar-refractivity contribution in [2.24, 2.45) is 5.73 Å². The van der Waals surface area contributed by atoms with E-state index in [0.717, 1.165) is 5.56 Å². The summed E-state index contributed by atoms with van der Waals surface area (Å²) in [5.74, 6) is -0.937. The van der Waals surface area contributed by atoms with Crippen LogP contribution in [0.1, 0.15) is 16.1 Å². The zero-order valence-electron chi connectivity index (χ0n) is 9.56. The van der Waals surface area contributed by atoms with Crippen LogP contribution in [-0.4, -0.2) is 10.9 Å². The first-order valence-corrected chi connectivity index (χ1v) is 5.41. The van der Waals surface area contributed by atoms with Gasteiger partial charge in [-0.2, -0.15) is 0 Å². The van der Waals surface area contributed by atoms with Gasteiger partial charge in [0.25, 0.3) is 5.91 Å². The summed E-state index contributed by atoms with van der Waals surface area (Å²) in [6.07, 6.45) is 1.52. The van der Waals surface area contributed by atoms with Crippen molar-refractivity contribution in [3.63, 3.8) is 0 Å². The molecule has 2 aromatic rings. The third-order valence-corrected chi connectivity index (χ3v) is 2.42. The highest BCUT2D eigenvalue weighted by Crippen LogP contribution is 2.13. The summed E-state index contributed by atoms with van der Waals surface area (Å²) in [7, 11) is 0. The second kappa shape index (κ2) is 5.37. The van der Waals surface area contributed by atoms with Gasteiger partial charge >= 0.3 is 0 Å². The van der Waals surface area contributed by atoms with Crippen molar-refractivity contribution in [3.8, 4) is 0 Å². The van der Waals surface area contributed by atoms with E-state index in [4.69, 9.17) is 5.73 Å². The van der Waals surface area contributed by atoms with Gasteiger partial charge in [-0.1, -0.05) is 18.2 Å². The summed E-state index contributed by atoms with van der Waals surface area (Å²) >= 11 is 0. The van der Waals surface area contributed by atoms with Crippen molar-refractivity contribution < 1.29 is 9.18 Å². The predicted octanol–water partition coefficient (Wildman–Crippen LogP) is 1.93. The molecule has 0 atom stereocenters. The first kappa shape index (κ1) is 12.2. The van der Waals surface area contributed by atoms with E-state index in [1.165, 1.54) is 18.3 Å². The lowest BCUT2D eigenvalue weighted by Gasteiger charge is -2.05. The number of nitrogens with zero attached hydrogens (tertiary/aromatic N) is 1. The molecule has 0 saturated heterocycles. The van der Waals surface area contributed by atoms with E-state index < -0.39 is 11.7 Å². The van der Waals surface area contributed by atoms with E-state index in [1.54, 1.807) is 24.3 Å². The first-order chi connectivity index (χ1) is 8.70. The highest BCUT2D eigenvalue weighted by Gasteiger charge is 2.09. The fourth-order valence-corrected chi connectivity index (χ4v) is 1.43. The minimum atomic E-state index is -0.482. The van der Waals surface area contributed by atoms with Crippen LogP contribution in [0.2, 0.25) is 0 Å². The number of halogens is 1. The molecule has 0 aliphatic heterocycles. The van der Waals surface area contributed by atoms with Crippen LogP contribution in [0.15, 0.2) is 42.6 Å². The van der Waals surface area contributed by atoms with E-state index in [2.05, 4.69) is 10.3 Å². The highest BCUT2D eigenvalue weighted by atomic mass is 19.1. The molecule has 1 aromatic heterocycles. The standard InChI is InChI=1S/C13H12FN3O/c14-10-3-1-2-4-11(10)17-13(18)12-6-5-9(7-15)8-16-12/h1-6,8H,7,15H2,(H,17,18). The lowest BCUT2D eigenvalue weighted by atomic mass is 10.2. The average Bonchev–Trinajstić information content (AvgIpc) is 2.41. The molecule has 0 fully saturated rings. The van der Waals surface area contributed by atoms with Gasteiger partial charge < -0.3 is 11.1 Å². The van der Waals surface area contributed by atoms with Crippen LogP contribution in [0.3, 0.4) is 0 Å². The van der Waals surface area contributed by atoms with Crippen LogP contribution < -0.4 is 11.1 Å². The Labute approximate surface area is 104 Å². The molecule has 4 nitrogen and oxygen atoms in total. The van der Waals surface area contributed by atoms with Gasteiger partial charge in [-0.3, -0.25) is 9.78 Å². The molecule has 92 valence electrons. The number of nitrogens with two attached hydrogens (primary N) is 1. The number of carbonyl (C=O) groups is 1. The Balaban J connectivity index is 2.14. The average molecular weight is 245 g/mol. The van der Waals surface area contributed by atoms with Crippen LogP contribution in [0, 0.1) is 5.82 Å². The van der Waals surface area contributed by atoms with E-state index in [0.29, 0.717) is 6.54 Å². The number of para-hydroxylation sites is 1. The Morgan fingerprint density at radius 1 is 1.28 bits per heavy atom. The van der Waals surface area contributed by atoms with Gasteiger partial charge in [0.05, 0.1) is 5.69 Å². The molecule has 0 unspecified atom stereocenters. The molecular weight excluding hydrogens is 233 g/mol. The molecule has 0 aliphatic carbocycles. The normalized spacial score (nSPS) is 10.1. The number of nitrogens with one attached hydrogen (secondary N) is 1. The van der Waals surface area contributed by atoms with Crippen molar-refractivity contribution in [1.29, 1.82) is 0 Å². The van der Waals surface area contributed by atoms with E-state index >= 15 is 0 Å². The fourth-order valence-electron chi connectivity index (χ4n) is 1.43. The quantitative estimate of drug-likeness (QED) is 0.868. The van der Waals surface area contributed by atoms with E-state index in [1.807, 2.05) is 0 Å². The Morgan fingerprint density at radius 3 is 2.67 bits per heavy atom. The Hall–Kier alpha value is -2.27. The third-order valence-electron chi connectivity index (χ3n) is 2.42. The number of benzene rings is 1. The van der Waals surface area contributed by atoms with Crippen LogP contribution in [0.5, 0.6) is 0 Å². The highest BCUT2D eigenvalue weighted by molar-refractivity contribution is 6.02. The molecule has 0 aliphatic rings. The molecule has 3 N–H and O–H groups in total. The van der Waals surface area contributed by atoms with Crippen molar-refractivity contribution in [2.45, 2.75) is 6.54 Å². The van der Waals surface area contributed by atoms with Crippen molar-refractivity contribution in [1.82, 2.24) is 4.98 Å². The van der Waals surface area contributed by atoms with Crippen LogP contribution in [-0.2, 0) is 6.54 Å². The zero-order chi connectivity index (χ0) is 13.0. The maximum Gasteiger partial charge on any atom is 0.274 e. The lowest BCUT2D eigenvalue weighted by Crippen LogP contribution is -2.14. The molecule has 1 amide bonds. The molecular formula is C13H12FN3O. The topological polar surface area (TPSA) is 68.0 Å². The van der Waals surface area contributed by atoms with Crippen LogP contribution in [0.25, 0.3) is 0 Å². The number of hydrogen-bond donors (Lipinski definition) is 2. The van der Waals surface area contributed by atoms with Gasteiger partial charge in [0.2, 0.25) is 0 Å². The van der Waals surface area contributed by atoms with E-state index in [9.17, 15) is 9.18 Å². The van der Waals surface area contributed by atoms with Crippen LogP contribution >= 0.6 is 0 Å². The van der Waals surface area contributed by atoms with E-state index in [-0.39, 0.29) is 11.4 Å². The number of aromatic nitrogens is 1. The maximum absolute atomic E-state index is 13.3. The Morgan fingerprint density at radius 2 is 2.06 bits per heavy atom. The number of pyridine rings is 1. The number of amides is 1. The smallest absolute Gasteiger partial charge is 0.274 e. The summed E-state index contributed by atoms with van der Waals surface area (Å²) in [4.78, 5) is 15.8. The summed E-state index contributed by atoms with van der Waals surface area (Å²) in [5.41, 5.74) is 6.61.